The van der Waals surface area contributed by atoms with Crippen LogP contribution in [0.4, 0.5) is 5.69 Å². The van der Waals surface area contributed by atoms with Crippen molar-refractivity contribution in [2.24, 2.45) is 0 Å². The van der Waals surface area contributed by atoms with Gasteiger partial charge in [0.05, 0.1) is 7.11 Å². The predicted molar refractivity (Wildman–Crippen MR) is 108 cm³/mol. The van der Waals surface area contributed by atoms with E-state index in [9.17, 15) is 4.79 Å². The summed E-state index contributed by atoms with van der Waals surface area (Å²) in [5.74, 6) is 1.28. The van der Waals surface area contributed by atoms with E-state index in [1.54, 1.807) is 7.11 Å². The molecule has 27 heavy (non-hydrogen) atoms. The van der Waals surface area contributed by atoms with E-state index in [1.807, 2.05) is 37.3 Å². The van der Waals surface area contributed by atoms with Crippen molar-refractivity contribution in [3.8, 4) is 11.5 Å². The first kappa shape index (κ1) is 17.4. The summed E-state index contributed by atoms with van der Waals surface area (Å²) in [5.41, 5.74) is 3.57. The van der Waals surface area contributed by atoms with Gasteiger partial charge in [0.15, 0.2) is 6.10 Å². The minimum atomic E-state index is -0.554. The van der Waals surface area contributed by atoms with Crippen LogP contribution in [0.5, 0.6) is 11.5 Å². The monoisotopic (exact) mass is 361 g/mol. The molecule has 0 aliphatic heterocycles. The molecular weight excluding hydrogens is 338 g/mol. The summed E-state index contributed by atoms with van der Waals surface area (Å²) in [6.07, 6.45) is 2.17. The Bertz CT molecular complexity index is 969. The van der Waals surface area contributed by atoms with Crippen LogP contribution in [0.3, 0.4) is 0 Å². The Morgan fingerprint density at radius 2 is 1.70 bits per heavy atom. The van der Waals surface area contributed by atoms with Gasteiger partial charge in [-0.3, -0.25) is 4.79 Å². The molecule has 1 atom stereocenters. The molecule has 1 N–H and O–H groups in total. The van der Waals surface area contributed by atoms with Crippen LogP contribution in [-0.2, 0) is 17.6 Å². The molecular formula is C23H23NO3. The van der Waals surface area contributed by atoms with Crippen LogP contribution in [0.25, 0.3) is 10.8 Å². The van der Waals surface area contributed by atoms with Crippen LogP contribution >= 0.6 is 0 Å². The second kappa shape index (κ2) is 7.31. The average Bonchev–Trinajstić information content (AvgIpc) is 3.13. The van der Waals surface area contributed by atoms with Gasteiger partial charge in [0.1, 0.15) is 11.5 Å². The normalized spacial score (nSPS) is 13.4. The molecule has 1 amide bonds. The SMILES string of the molecule is CCC(Oc1ccc(OC)cc1)C(=O)Nc1ccc2c3c(cccc13)CC2. The lowest BCUT2D eigenvalue weighted by Crippen LogP contribution is -2.32. The standard InChI is InChI=1S/C23H23NO3/c1-3-21(27-18-12-10-17(26-2)11-13-18)23(25)24-20-14-9-16-8-7-15-5-4-6-19(20)22(15)16/h4-6,9-14,21H,3,7-8H2,1-2H3,(H,24,25). The molecule has 3 aromatic rings. The van der Waals surface area contributed by atoms with E-state index in [1.165, 1.54) is 16.5 Å². The summed E-state index contributed by atoms with van der Waals surface area (Å²) in [4.78, 5) is 12.8. The first-order valence-corrected chi connectivity index (χ1v) is 9.34. The third-order valence-electron chi connectivity index (χ3n) is 5.14. The number of ether oxygens (including phenoxy) is 2. The van der Waals surface area contributed by atoms with Crippen LogP contribution in [0.2, 0.25) is 0 Å². The minimum Gasteiger partial charge on any atom is -0.497 e. The smallest absolute Gasteiger partial charge is 0.265 e. The number of hydrogen-bond acceptors (Lipinski definition) is 3. The number of anilines is 1. The van der Waals surface area contributed by atoms with Gasteiger partial charge in [0.25, 0.3) is 5.91 Å². The molecule has 4 heteroatoms. The molecule has 0 spiro atoms. The largest absolute Gasteiger partial charge is 0.497 e. The number of carbonyl (C=O) groups excluding carboxylic acids is 1. The van der Waals surface area contributed by atoms with Crippen molar-refractivity contribution < 1.29 is 14.3 Å². The van der Waals surface area contributed by atoms with Crippen molar-refractivity contribution >= 4 is 22.4 Å². The van der Waals surface area contributed by atoms with E-state index in [0.717, 1.165) is 29.7 Å². The van der Waals surface area contributed by atoms with E-state index in [0.29, 0.717) is 12.2 Å². The molecule has 0 radical (unpaired) electrons. The number of methoxy groups -OCH3 is 1. The predicted octanol–water partition coefficient (Wildman–Crippen LogP) is 4.74. The van der Waals surface area contributed by atoms with Crippen LogP contribution in [0, 0.1) is 0 Å². The Hall–Kier alpha value is -3.01. The maximum Gasteiger partial charge on any atom is 0.265 e. The topological polar surface area (TPSA) is 47.6 Å². The number of rotatable bonds is 6. The summed E-state index contributed by atoms with van der Waals surface area (Å²) < 4.78 is 11.1. The summed E-state index contributed by atoms with van der Waals surface area (Å²) in [6, 6.07) is 17.7. The zero-order valence-electron chi connectivity index (χ0n) is 15.6. The number of amides is 1. The van der Waals surface area contributed by atoms with Gasteiger partial charge in [-0.15, -0.1) is 0 Å². The first-order valence-electron chi connectivity index (χ1n) is 9.34. The summed E-state index contributed by atoms with van der Waals surface area (Å²) in [6.45, 7) is 1.95. The van der Waals surface area contributed by atoms with Gasteiger partial charge < -0.3 is 14.8 Å². The van der Waals surface area contributed by atoms with E-state index < -0.39 is 6.10 Å². The van der Waals surface area contributed by atoms with Gasteiger partial charge in [0, 0.05) is 11.1 Å². The van der Waals surface area contributed by atoms with Gasteiger partial charge in [-0.2, -0.15) is 0 Å². The van der Waals surface area contributed by atoms with Crippen molar-refractivity contribution in [3.63, 3.8) is 0 Å². The second-order valence-corrected chi connectivity index (χ2v) is 6.79. The van der Waals surface area contributed by atoms with Gasteiger partial charge in [-0.05, 0) is 66.1 Å². The number of aryl methyl sites for hydroxylation is 2. The lowest BCUT2D eigenvalue weighted by Gasteiger charge is -2.18. The van der Waals surface area contributed by atoms with Gasteiger partial charge in [0.2, 0.25) is 0 Å². The van der Waals surface area contributed by atoms with Crippen molar-refractivity contribution in [2.45, 2.75) is 32.3 Å². The molecule has 0 bridgehead atoms. The zero-order valence-corrected chi connectivity index (χ0v) is 15.6. The Morgan fingerprint density at radius 3 is 2.41 bits per heavy atom. The van der Waals surface area contributed by atoms with Gasteiger partial charge in [-0.25, -0.2) is 0 Å². The Labute approximate surface area is 159 Å². The Balaban J connectivity index is 1.55. The van der Waals surface area contributed by atoms with Crippen molar-refractivity contribution in [1.29, 1.82) is 0 Å². The number of nitrogens with one attached hydrogen (secondary N) is 1. The van der Waals surface area contributed by atoms with E-state index in [4.69, 9.17) is 9.47 Å². The fourth-order valence-electron chi connectivity index (χ4n) is 3.71. The highest BCUT2D eigenvalue weighted by Crippen LogP contribution is 2.35. The van der Waals surface area contributed by atoms with Crippen LogP contribution in [0.1, 0.15) is 24.5 Å². The average molecular weight is 361 g/mol. The lowest BCUT2D eigenvalue weighted by atomic mass is 10.0. The highest BCUT2D eigenvalue weighted by Gasteiger charge is 2.21. The molecule has 3 aromatic carbocycles. The summed E-state index contributed by atoms with van der Waals surface area (Å²) in [7, 11) is 1.62. The van der Waals surface area contributed by atoms with Crippen molar-refractivity contribution in [1.82, 2.24) is 0 Å². The quantitative estimate of drug-likeness (QED) is 0.690. The first-order chi connectivity index (χ1) is 13.2. The lowest BCUT2D eigenvalue weighted by molar-refractivity contribution is -0.122. The van der Waals surface area contributed by atoms with Gasteiger partial charge in [-0.1, -0.05) is 31.2 Å². The molecule has 1 unspecified atom stereocenters. The van der Waals surface area contributed by atoms with E-state index in [2.05, 4.69) is 29.6 Å². The second-order valence-electron chi connectivity index (χ2n) is 6.79. The molecule has 0 heterocycles. The van der Waals surface area contributed by atoms with E-state index >= 15 is 0 Å². The highest BCUT2D eigenvalue weighted by atomic mass is 16.5. The Kier molecular flexibility index (Phi) is 4.71. The van der Waals surface area contributed by atoms with Crippen LogP contribution in [-0.4, -0.2) is 19.1 Å². The molecule has 138 valence electrons. The third-order valence-corrected chi connectivity index (χ3v) is 5.14. The maximum atomic E-state index is 12.8. The number of benzene rings is 3. The summed E-state index contributed by atoms with van der Waals surface area (Å²) in [5, 5.41) is 5.47. The molecule has 0 aromatic heterocycles. The molecule has 4 nitrogen and oxygen atoms in total. The van der Waals surface area contributed by atoms with Crippen LogP contribution < -0.4 is 14.8 Å². The fourth-order valence-corrected chi connectivity index (χ4v) is 3.71. The molecule has 1 aliphatic rings. The Morgan fingerprint density at radius 1 is 1.00 bits per heavy atom. The number of carbonyl (C=O) groups is 1. The fraction of sp³-hybridized carbons (Fsp3) is 0.261. The molecule has 0 saturated heterocycles. The third kappa shape index (κ3) is 3.35. The molecule has 0 saturated carbocycles. The van der Waals surface area contributed by atoms with Crippen molar-refractivity contribution in [3.05, 3.63) is 65.7 Å². The molecule has 0 fully saturated rings. The highest BCUT2D eigenvalue weighted by molar-refractivity contribution is 6.06. The molecule has 4 rings (SSSR count). The van der Waals surface area contributed by atoms with Gasteiger partial charge >= 0.3 is 0 Å². The maximum absolute atomic E-state index is 12.8. The van der Waals surface area contributed by atoms with Crippen LogP contribution in [0.15, 0.2) is 54.6 Å². The number of hydrogen-bond donors (Lipinski definition) is 1. The molecule has 1 aliphatic carbocycles. The zero-order chi connectivity index (χ0) is 18.8. The van der Waals surface area contributed by atoms with E-state index in [-0.39, 0.29) is 5.91 Å². The summed E-state index contributed by atoms with van der Waals surface area (Å²) >= 11 is 0. The van der Waals surface area contributed by atoms with Crippen molar-refractivity contribution in [2.75, 3.05) is 12.4 Å². The minimum absolute atomic E-state index is 0.132.